The van der Waals surface area contributed by atoms with E-state index in [0.29, 0.717) is 17.9 Å². The van der Waals surface area contributed by atoms with E-state index in [4.69, 9.17) is 9.47 Å². The molecular weight excluding hydrogens is 278 g/mol. The molecule has 4 heteroatoms. The lowest BCUT2D eigenvalue weighted by Gasteiger charge is -2.16. The van der Waals surface area contributed by atoms with Crippen molar-refractivity contribution in [3.05, 3.63) is 59.7 Å². The van der Waals surface area contributed by atoms with E-state index in [1.807, 2.05) is 50.2 Å². The summed E-state index contributed by atoms with van der Waals surface area (Å²) >= 11 is 0. The SMILES string of the molecule is COc1ccccc1C(=O)NC(C)COc1ccc(C)cc1. The van der Waals surface area contributed by atoms with Crippen molar-refractivity contribution in [1.82, 2.24) is 5.32 Å². The van der Waals surface area contributed by atoms with Crippen molar-refractivity contribution in [3.8, 4) is 11.5 Å². The lowest BCUT2D eigenvalue weighted by atomic mass is 10.2. The van der Waals surface area contributed by atoms with Crippen LogP contribution < -0.4 is 14.8 Å². The third kappa shape index (κ3) is 4.25. The maximum absolute atomic E-state index is 12.2. The topological polar surface area (TPSA) is 47.6 Å². The molecule has 0 aliphatic carbocycles. The van der Waals surface area contributed by atoms with Crippen LogP contribution in [-0.4, -0.2) is 25.7 Å². The van der Waals surface area contributed by atoms with Crippen LogP contribution in [0.1, 0.15) is 22.8 Å². The van der Waals surface area contributed by atoms with Gasteiger partial charge in [0.1, 0.15) is 18.1 Å². The molecule has 116 valence electrons. The van der Waals surface area contributed by atoms with E-state index < -0.39 is 0 Å². The predicted octanol–water partition coefficient (Wildman–Crippen LogP) is 3.20. The van der Waals surface area contributed by atoms with Gasteiger partial charge in [-0.2, -0.15) is 0 Å². The Morgan fingerprint density at radius 3 is 2.50 bits per heavy atom. The lowest BCUT2D eigenvalue weighted by Crippen LogP contribution is -2.36. The van der Waals surface area contributed by atoms with Crippen LogP contribution in [0, 0.1) is 6.92 Å². The highest BCUT2D eigenvalue weighted by Gasteiger charge is 2.14. The number of methoxy groups -OCH3 is 1. The standard InChI is InChI=1S/C18H21NO3/c1-13-8-10-15(11-9-13)22-12-14(2)19-18(20)16-6-4-5-7-17(16)21-3/h4-11,14H,12H2,1-3H3,(H,19,20). The van der Waals surface area contributed by atoms with Gasteiger partial charge < -0.3 is 14.8 Å². The van der Waals surface area contributed by atoms with Crippen LogP contribution in [0.25, 0.3) is 0 Å². The van der Waals surface area contributed by atoms with E-state index >= 15 is 0 Å². The summed E-state index contributed by atoms with van der Waals surface area (Å²) < 4.78 is 10.9. The Morgan fingerprint density at radius 2 is 1.82 bits per heavy atom. The fourth-order valence-electron chi connectivity index (χ4n) is 2.03. The Kier molecular flexibility index (Phi) is 5.42. The smallest absolute Gasteiger partial charge is 0.255 e. The molecule has 1 N–H and O–H groups in total. The fourth-order valence-corrected chi connectivity index (χ4v) is 2.03. The molecule has 1 amide bonds. The number of carbonyl (C=O) groups excluding carboxylic acids is 1. The molecule has 22 heavy (non-hydrogen) atoms. The van der Waals surface area contributed by atoms with Gasteiger partial charge in [-0.3, -0.25) is 4.79 Å². The molecular formula is C18H21NO3. The number of aryl methyl sites for hydroxylation is 1. The maximum atomic E-state index is 12.2. The highest BCUT2D eigenvalue weighted by atomic mass is 16.5. The van der Waals surface area contributed by atoms with E-state index in [1.165, 1.54) is 5.56 Å². The number of carbonyl (C=O) groups is 1. The summed E-state index contributed by atoms with van der Waals surface area (Å²) in [5.41, 5.74) is 1.71. The first-order valence-corrected chi connectivity index (χ1v) is 7.23. The molecule has 0 radical (unpaired) electrons. The minimum Gasteiger partial charge on any atom is -0.496 e. The molecule has 0 heterocycles. The zero-order valence-electron chi connectivity index (χ0n) is 13.1. The monoisotopic (exact) mass is 299 g/mol. The van der Waals surface area contributed by atoms with Gasteiger partial charge in [-0.15, -0.1) is 0 Å². The summed E-state index contributed by atoms with van der Waals surface area (Å²) in [6.07, 6.45) is 0. The third-order valence-corrected chi connectivity index (χ3v) is 3.25. The number of rotatable bonds is 6. The minimum absolute atomic E-state index is 0.112. The van der Waals surface area contributed by atoms with Gasteiger partial charge in [-0.25, -0.2) is 0 Å². The number of para-hydroxylation sites is 1. The van der Waals surface area contributed by atoms with Gasteiger partial charge in [0.2, 0.25) is 0 Å². The molecule has 0 saturated heterocycles. The Labute approximate surface area is 131 Å². The van der Waals surface area contributed by atoms with Crippen molar-refractivity contribution >= 4 is 5.91 Å². The lowest BCUT2D eigenvalue weighted by molar-refractivity contribution is 0.0923. The summed E-state index contributed by atoms with van der Waals surface area (Å²) in [6, 6.07) is 14.9. The van der Waals surface area contributed by atoms with Crippen LogP contribution in [0.2, 0.25) is 0 Å². The summed E-state index contributed by atoms with van der Waals surface area (Å²) in [7, 11) is 1.55. The van der Waals surface area contributed by atoms with Crippen LogP contribution in [0.5, 0.6) is 11.5 Å². The number of benzene rings is 2. The molecule has 0 aliphatic rings. The van der Waals surface area contributed by atoms with Crippen molar-refractivity contribution in [2.45, 2.75) is 19.9 Å². The molecule has 0 fully saturated rings. The van der Waals surface area contributed by atoms with Crippen LogP contribution in [0.3, 0.4) is 0 Å². The average Bonchev–Trinajstić information content (AvgIpc) is 2.54. The quantitative estimate of drug-likeness (QED) is 0.891. The van der Waals surface area contributed by atoms with Gasteiger partial charge >= 0.3 is 0 Å². The molecule has 2 rings (SSSR count). The third-order valence-electron chi connectivity index (χ3n) is 3.25. The van der Waals surface area contributed by atoms with Gasteiger partial charge in [-0.05, 0) is 38.1 Å². The van der Waals surface area contributed by atoms with Crippen molar-refractivity contribution < 1.29 is 14.3 Å². The first kappa shape index (κ1) is 15.9. The second kappa shape index (κ2) is 7.50. The van der Waals surface area contributed by atoms with E-state index in [-0.39, 0.29) is 11.9 Å². The summed E-state index contributed by atoms with van der Waals surface area (Å²) in [5, 5.41) is 2.91. The highest BCUT2D eigenvalue weighted by Crippen LogP contribution is 2.17. The molecule has 0 saturated carbocycles. The first-order chi connectivity index (χ1) is 10.6. The van der Waals surface area contributed by atoms with Crippen LogP contribution >= 0.6 is 0 Å². The molecule has 1 atom stereocenters. The number of hydrogen-bond donors (Lipinski definition) is 1. The number of amides is 1. The van der Waals surface area contributed by atoms with Gasteiger partial charge in [0, 0.05) is 0 Å². The van der Waals surface area contributed by atoms with Crippen molar-refractivity contribution in [1.29, 1.82) is 0 Å². The fraction of sp³-hybridized carbons (Fsp3) is 0.278. The van der Waals surface area contributed by atoms with Gasteiger partial charge in [-0.1, -0.05) is 29.8 Å². The number of nitrogens with one attached hydrogen (secondary N) is 1. The number of hydrogen-bond acceptors (Lipinski definition) is 3. The average molecular weight is 299 g/mol. The van der Waals surface area contributed by atoms with Crippen LogP contribution in [0.4, 0.5) is 0 Å². The molecule has 1 unspecified atom stereocenters. The molecule has 0 aliphatic heterocycles. The normalized spacial score (nSPS) is 11.6. The summed E-state index contributed by atoms with van der Waals surface area (Å²) in [6.45, 7) is 4.34. The van der Waals surface area contributed by atoms with Crippen molar-refractivity contribution in [3.63, 3.8) is 0 Å². The molecule has 4 nitrogen and oxygen atoms in total. The molecule has 0 aromatic heterocycles. The number of ether oxygens (including phenoxy) is 2. The van der Waals surface area contributed by atoms with Crippen molar-refractivity contribution in [2.24, 2.45) is 0 Å². The Morgan fingerprint density at radius 1 is 1.14 bits per heavy atom. The van der Waals surface area contributed by atoms with Crippen LogP contribution in [0.15, 0.2) is 48.5 Å². The molecule has 2 aromatic rings. The highest BCUT2D eigenvalue weighted by molar-refractivity contribution is 5.97. The molecule has 0 spiro atoms. The Balaban J connectivity index is 1.89. The molecule has 0 bridgehead atoms. The van der Waals surface area contributed by atoms with Gasteiger partial charge in [0.15, 0.2) is 0 Å². The predicted molar refractivity (Wildman–Crippen MR) is 86.6 cm³/mol. The van der Waals surface area contributed by atoms with E-state index in [9.17, 15) is 4.79 Å². The Bertz CT molecular complexity index is 622. The Hall–Kier alpha value is -2.49. The second-order valence-corrected chi connectivity index (χ2v) is 5.20. The largest absolute Gasteiger partial charge is 0.496 e. The maximum Gasteiger partial charge on any atom is 0.255 e. The van der Waals surface area contributed by atoms with Crippen molar-refractivity contribution in [2.75, 3.05) is 13.7 Å². The van der Waals surface area contributed by atoms with E-state index in [0.717, 1.165) is 5.75 Å². The van der Waals surface area contributed by atoms with E-state index in [2.05, 4.69) is 5.32 Å². The van der Waals surface area contributed by atoms with Crippen LogP contribution in [-0.2, 0) is 0 Å². The van der Waals surface area contributed by atoms with E-state index in [1.54, 1.807) is 19.2 Å². The van der Waals surface area contributed by atoms with Gasteiger partial charge in [0.25, 0.3) is 5.91 Å². The summed E-state index contributed by atoms with van der Waals surface area (Å²) in [4.78, 5) is 12.2. The summed E-state index contributed by atoms with van der Waals surface area (Å²) in [5.74, 6) is 1.19. The molecule has 2 aromatic carbocycles. The van der Waals surface area contributed by atoms with Gasteiger partial charge in [0.05, 0.1) is 18.7 Å². The second-order valence-electron chi connectivity index (χ2n) is 5.20. The zero-order valence-corrected chi connectivity index (χ0v) is 13.1. The first-order valence-electron chi connectivity index (χ1n) is 7.23. The minimum atomic E-state index is -0.169. The zero-order chi connectivity index (χ0) is 15.9.